The topological polar surface area (TPSA) is 83.5 Å². The summed E-state index contributed by atoms with van der Waals surface area (Å²) in [6.07, 6.45) is 1.09. The fourth-order valence-electron chi connectivity index (χ4n) is 1.43. The van der Waals surface area contributed by atoms with Crippen molar-refractivity contribution in [2.45, 2.75) is 31.1 Å². The van der Waals surface area contributed by atoms with E-state index in [0.29, 0.717) is 0 Å². The standard InChI is InChI=1S/C12H17NO4S/c1-2-10-5-7-11(8-6-10)18(16,17)13-9-3-4-12(14)15/h5-8,13H,2-4,9H2,1H3,(H,14,15). The highest BCUT2D eigenvalue weighted by Gasteiger charge is 2.12. The Morgan fingerprint density at radius 3 is 2.39 bits per heavy atom. The lowest BCUT2D eigenvalue weighted by Gasteiger charge is -2.06. The Hall–Kier alpha value is -1.40. The SMILES string of the molecule is CCc1ccc(S(=O)(=O)NCCCC(=O)O)cc1. The number of aryl methyl sites for hydroxylation is 1. The molecule has 0 amide bonds. The number of nitrogens with one attached hydrogen (secondary N) is 1. The van der Waals surface area contributed by atoms with Crippen molar-refractivity contribution in [1.82, 2.24) is 4.72 Å². The van der Waals surface area contributed by atoms with Gasteiger partial charge in [0.25, 0.3) is 0 Å². The Morgan fingerprint density at radius 1 is 1.28 bits per heavy atom. The Morgan fingerprint density at radius 2 is 1.89 bits per heavy atom. The molecule has 0 fully saturated rings. The van der Waals surface area contributed by atoms with Gasteiger partial charge in [-0.15, -0.1) is 0 Å². The summed E-state index contributed by atoms with van der Waals surface area (Å²) in [5.74, 6) is -0.929. The first-order valence-corrected chi connectivity index (χ1v) is 7.24. The quantitative estimate of drug-likeness (QED) is 0.734. The molecule has 0 atom stereocenters. The van der Waals surface area contributed by atoms with Crippen molar-refractivity contribution in [3.63, 3.8) is 0 Å². The zero-order valence-corrected chi connectivity index (χ0v) is 11.0. The molecule has 0 aromatic heterocycles. The second-order valence-corrected chi connectivity index (χ2v) is 5.66. The van der Waals surface area contributed by atoms with Crippen LogP contribution in [0.5, 0.6) is 0 Å². The highest BCUT2D eigenvalue weighted by molar-refractivity contribution is 7.89. The van der Waals surface area contributed by atoms with E-state index in [9.17, 15) is 13.2 Å². The number of hydrogen-bond acceptors (Lipinski definition) is 3. The molecule has 0 bridgehead atoms. The minimum absolute atomic E-state index is 0.0444. The van der Waals surface area contributed by atoms with Gasteiger partial charge >= 0.3 is 5.97 Å². The van der Waals surface area contributed by atoms with Gasteiger partial charge in [0, 0.05) is 13.0 Å². The molecule has 0 spiro atoms. The van der Waals surface area contributed by atoms with E-state index in [0.717, 1.165) is 12.0 Å². The maximum atomic E-state index is 11.8. The Kier molecular flexibility index (Phi) is 5.30. The minimum Gasteiger partial charge on any atom is -0.481 e. The largest absolute Gasteiger partial charge is 0.481 e. The van der Waals surface area contributed by atoms with Gasteiger partial charge in [-0.05, 0) is 30.5 Å². The van der Waals surface area contributed by atoms with Crippen LogP contribution in [0.15, 0.2) is 29.2 Å². The van der Waals surface area contributed by atoms with Crippen LogP contribution in [0.3, 0.4) is 0 Å². The maximum absolute atomic E-state index is 11.8. The molecule has 0 aliphatic carbocycles. The van der Waals surface area contributed by atoms with E-state index in [2.05, 4.69) is 4.72 Å². The van der Waals surface area contributed by atoms with Crippen molar-refractivity contribution >= 4 is 16.0 Å². The fourth-order valence-corrected chi connectivity index (χ4v) is 2.51. The number of rotatable bonds is 7. The lowest BCUT2D eigenvalue weighted by molar-refractivity contribution is -0.137. The number of carbonyl (C=O) groups is 1. The third-order valence-corrected chi connectivity index (χ3v) is 3.98. The molecule has 0 unspecified atom stereocenters. The summed E-state index contributed by atoms with van der Waals surface area (Å²) in [7, 11) is -3.53. The summed E-state index contributed by atoms with van der Waals surface area (Å²) in [6, 6.07) is 6.65. The van der Waals surface area contributed by atoms with Gasteiger partial charge in [0.2, 0.25) is 10.0 Å². The molecular weight excluding hydrogens is 254 g/mol. The molecule has 5 nitrogen and oxygen atoms in total. The van der Waals surface area contributed by atoms with Crippen LogP contribution in [0.1, 0.15) is 25.3 Å². The number of hydrogen-bond donors (Lipinski definition) is 2. The molecule has 0 heterocycles. The predicted molar refractivity (Wildman–Crippen MR) is 67.9 cm³/mol. The first-order valence-electron chi connectivity index (χ1n) is 5.76. The lowest BCUT2D eigenvalue weighted by Crippen LogP contribution is -2.25. The molecule has 1 aromatic carbocycles. The number of aliphatic carboxylic acids is 1. The summed E-state index contributed by atoms with van der Waals surface area (Å²) in [5, 5.41) is 8.44. The summed E-state index contributed by atoms with van der Waals surface area (Å²) >= 11 is 0. The van der Waals surface area contributed by atoms with Gasteiger partial charge in [0.1, 0.15) is 0 Å². The average Bonchev–Trinajstić information content (AvgIpc) is 2.34. The zero-order valence-electron chi connectivity index (χ0n) is 10.2. The monoisotopic (exact) mass is 271 g/mol. The van der Waals surface area contributed by atoms with E-state index in [4.69, 9.17) is 5.11 Å². The van der Waals surface area contributed by atoms with Gasteiger partial charge in [-0.3, -0.25) is 4.79 Å². The van der Waals surface area contributed by atoms with Crippen molar-refractivity contribution in [3.8, 4) is 0 Å². The summed E-state index contributed by atoms with van der Waals surface area (Å²) in [4.78, 5) is 10.5. The summed E-state index contributed by atoms with van der Waals surface area (Å²) in [5.41, 5.74) is 1.07. The lowest BCUT2D eigenvalue weighted by atomic mass is 10.2. The van der Waals surface area contributed by atoms with Gasteiger partial charge in [-0.25, -0.2) is 13.1 Å². The number of carboxylic acid groups (broad SMARTS) is 1. The third-order valence-electron chi connectivity index (χ3n) is 2.50. The van der Waals surface area contributed by atoms with E-state index < -0.39 is 16.0 Å². The van der Waals surface area contributed by atoms with E-state index in [-0.39, 0.29) is 24.3 Å². The van der Waals surface area contributed by atoms with Gasteiger partial charge in [-0.2, -0.15) is 0 Å². The van der Waals surface area contributed by atoms with Crippen LogP contribution >= 0.6 is 0 Å². The van der Waals surface area contributed by atoms with Crippen LogP contribution in [-0.4, -0.2) is 26.0 Å². The third kappa shape index (κ3) is 4.46. The number of carboxylic acids is 1. The van der Waals surface area contributed by atoms with Gasteiger partial charge in [-0.1, -0.05) is 19.1 Å². The van der Waals surface area contributed by atoms with Crippen molar-refractivity contribution in [2.75, 3.05) is 6.54 Å². The van der Waals surface area contributed by atoms with E-state index in [1.54, 1.807) is 24.3 Å². The molecule has 2 N–H and O–H groups in total. The Bertz CT molecular complexity index is 493. The van der Waals surface area contributed by atoms with Crippen molar-refractivity contribution in [1.29, 1.82) is 0 Å². The van der Waals surface area contributed by atoms with E-state index in [1.165, 1.54) is 0 Å². The molecule has 0 saturated heterocycles. The number of sulfonamides is 1. The van der Waals surface area contributed by atoms with Crippen LogP contribution in [0.25, 0.3) is 0 Å². The van der Waals surface area contributed by atoms with Crippen LogP contribution < -0.4 is 4.72 Å². The number of benzene rings is 1. The van der Waals surface area contributed by atoms with Crippen LogP contribution in [0.2, 0.25) is 0 Å². The molecule has 6 heteroatoms. The Labute approximate surface area is 107 Å². The molecule has 1 aromatic rings. The van der Waals surface area contributed by atoms with Crippen LogP contribution in [-0.2, 0) is 21.2 Å². The maximum Gasteiger partial charge on any atom is 0.303 e. The first-order chi connectivity index (χ1) is 8.45. The zero-order chi connectivity index (χ0) is 13.6. The molecule has 0 aliphatic rings. The van der Waals surface area contributed by atoms with Crippen LogP contribution in [0.4, 0.5) is 0 Å². The predicted octanol–water partition coefficient (Wildman–Crippen LogP) is 1.39. The minimum atomic E-state index is -3.53. The highest BCUT2D eigenvalue weighted by atomic mass is 32.2. The average molecular weight is 271 g/mol. The molecule has 1 rings (SSSR count). The van der Waals surface area contributed by atoms with Gasteiger partial charge in [0.05, 0.1) is 4.90 Å². The van der Waals surface area contributed by atoms with Crippen molar-refractivity contribution in [3.05, 3.63) is 29.8 Å². The van der Waals surface area contributed by atoms with E-state index >= 15 is 0 Å². The molecular formula is C12H17NO4S. The molecule has 0 saturated carbocycles. The first kappa shape index (κ1) is 14.7. The molecule has 0 aliphatic heterocycles. The smallest absolute Gasteiger partial charge is 0.303 e. The van der Waals surface area contributed by atoms with Crippen molar-refractivity contribution in [2.24, 2.45) is 0 Å². The van der Waals surface area contributed by atoms with Gasteiger partial charge in [0.15, 0.2) is 0 Å². The summed E-state index contributed by atoms with van der Waals surface area (Å²) < 4.78 is 26.0. The Balaban J connectivity index is 2.59. The van der Waals surface area contributed by atoms with Gasteiger partial charge < -0.3 is 5.11 Å². The highest BCUT2D eigenvalue weighted by Crippen LogP contribution is 2.10. The normalized spacial score (nSPS) is 11.4. The second kappa shape index (κ2) is 6.51. The van der Waals surface area contributed by atoms with Crippen molar-refractivity contribution < 1.29 is 18.3 Å². The second-order valence-electron chi connectivity index (χ2n) is 3.89. The molecule has 100 valence electrons. The summed E-state index contributed by atoms with van der Waals surface area (Å²) in [6.45, 7) is 2.12. The van der Waals surface area contributed by atoms with Crippen LogP contribution in [0, 0.1) is 0 Å². The molecule has 0 radical (unpaired) electrons. The fraction of sp³-hybridized carbons (Fsp3) is 0.417. The molecule has 18 heavy (non-hydrogen) atoms. The van der Waals surface area contributed by atoms with E-state index in [1.807, 2.05) is 6.92 Å².